The molecule has 2 aromatic rings. The monoisotopic (exact) mass is 420 g/mol. The normalized spacial score (nSPS) is 10.7. The molecule has 1 N–H and O–H groups in total. The van der Waals surface area contributed by atoms with Crippen LogP contribution in [0.5, 0.6) is 0 Å². The van der Waals surface area contributed by atoms with E-state index in [1.807, 2.05) is 0 Å². The second-order valence-electron chi connectivity index (χ2n) is 4.30. The summed E-state index contributed by atoms with van der Waals surface area (Å²) in [6, 6.07) is 18.0. The van der Waals surface area contributed by atoms with Gasteiger partial charge in [0.1, 0.15) is 0 Å². The number of rotatable bonds is 3. The van der Waals surface area contributed by atoms with Crippen LogP contribution >= 0.6 is 0 Å². The highest BCUT2D eigenvalue weighted by atomic mass is 127. The molecule has 0 aromatic heterocycles. The fourth-order valence-electron chi connectivity index (χ4n) is 1.51. The van der Waals surface area contributed by atoms with E-state index >= 15 is 0 Å². The Labute approximate surface area is 136 Å². The maximum Gasteiger partial charge on any atom is 0.357 e. The molecule has 2 rings (SSSR count). The van der Waals surface area contributed by atoms with E-state index in [0.717, 1.165) is 6.42 Å². The first-order chi connectivity index (χ1) is 9.78. The minimum absolute atomic E-state index is 0.00216. The molecule has 0 fully saturated rings. The fourth-order valence-corrected chi connectivity index (χ4v) is 3.66. The van der Waals surface area contributed by atoms with Gasteiger partial charge in [-0.2, -0.15) is 0 Å². The van der Waals surface area contributed by atoms with Crippen LogP contribution < -0.4 is 21.2 Å². The summed E-state index contributed by atoms with van der Waals surface area (Å²) in [7, 11) is -4.92. The van der Waals surface area contributed by atoms with Gasteiger partial charge in [0.15, 0.2) is 7.14 Å². The van der Waals surface area contributed by atoms with Gasteiger partial charge in [0.05, 0.1) is 0 Å². The second-order valence-corrected chi connectivity index (χ2v) is 8.18. The molecule has 0 aliphatic heterocycles. The molecule has 0 radical (unpaired) electrons. The molecule has 4 nitrogen and oxygen atoms in total. The molecule has 114 valence electrons. The number of aryl methyl sites for hydroxylation is 2. The maximum atomic E-state index is 8.63. The smallest absolute Gasteiger partial charge is 0.357 e. The summed E-state index contributed by atoms with van der Waals surface area (Å²) in [4.78, 5) is 0. The molecule has 0 heterocycles. The van der Waals surface area contributed by atoms with E-state index in [4.69, 9.17) is 17.5 Å². The molecule has 0 aliphatic rings. The van der Waals surface area contributed by atoms with Crippen molar-refractivity contribution >= 4 is 10.4 Å². The van der Waals surface area contributed by atoms with E-state index in [1.54, 1.807) is 0 Å². The number of benzene rings is 2. The van der Waals surface area contributed by atoms with Crippen molar-refractivity contribution in [3.8, 4) is 0 Å². The number of hydrogen-bond acceptors (Lipinski definition) is 3. The van der Waals surface area contributed by atoms with Gasteiger partial charge in [-0.25, -0.2) is 8.42 Å². The number of halogens is 1. The Hall–Kier alpha value is -0.960. The van der Waals surface area contributed by atoms with Crippen LogP contribution in [0, 0.1) is 14.1 Å². The zero-order chi connectivity index (χ0) is 15.9. The van der Waals surface area contributed by atoms with E-state index in [-0.39, 0.29) is 21.2 Å². The molecule has 0 saturated heterocycles. The highest BCUT2D eigenvalue weighted by Crippen LogP contribution is 1.98. The first-order valence-electron chi connectivity index (χ1n) is 6.26. The van der Waals surface area contributed by atoms with Gasteiger partial charge < -0.3 is 4.55 Å². The highest BCUT2D eigenvalue weighted by Gasteiger charge is 2.14. The topological polar surface area (TPSA) is 77.4 Å². The SMILES string of the molecule is CCc1ccc([I+]c2ccc(C)cc2)cc1.O=S(=O)([O-])O. The highest BCUT2D eigenvalue weighted by molar-refractivity contribution is 7.79. The minimum atomic E-state index is -4.92. The van der Waals surface area contributed by atoms with Crippen molar-refractivity contribution in [2.45, 2.75) is 20.3 Å². The summed E-state index contributed by atoms with van der Waals surface area (Å²) >= 11 is -0.00216. The van der Waals surface area contributed by atoms with Gasteiger partial charge in [-0.3, -0.25) is 4.55 Å². The van der Waals surface area contributed by atoms with Gasteiger partial charge in [-0.05, 0) is 43.2 Å². The second kappa shape index (κ2) is 8.47. The summed E-state index contributed by atoms with van der Waals surface area (Å²) in [5, 5.41) is 0. The number of hydrogen-bond donors (Lipinski definition) is 1. The third-order valence-corrected chi connectivity index (χ3v) is 5.23. The lowest BCUT2D eigenvalue weighted by atomic mass is 10.2. The van der Waals surface area contributed by atoms with Crippen LogP contribution in [0.1, 0.15) is 18.1 Å². The largest absolute Gasteiger partial charge is 0.726 e. The van der Waals surface area contributed by atoms with Crippen LogP contribution in [0.4, 0.5) is 0 Å². The Morgan fingerprint density at radius 2 is 1.38 bits per heavy atom. The van der Waals surface area contributed by atoms with Crippen molar-refractivity contribution in [2.75, 3.05) is 0 Å². The average molecular weight is 420 g/mol. The molecule has 0 aliphatic carbocycles. The minimum Gasteiger partial charge on any atom is -0.726 e. The van der Waals surface area contributed by atoms with Crippen molar-refractivity contribution in [2.24, 2.45) is 0 Å². The van der Waals surface area contributed by atoms with E-state index in [0.29, 0.717) is 0 Å². The van der Waals surface area contributed by atoms with Crippen LogP contribution in [0.25, 0.3) is 0 Å². The van der Waals surface area contributed by atoms with Gasteiger partial charge in [0.2, 0.25) is 10.4 Å². The van der Waals surface area contributed by atoms with Crippen LogP contribution in [-0.4, -0.2) is 17.5 Å². The lowest BCUT2D eigenvalue weighted by Gasteiger charge is -1.93. The Kier molecular flexibility index (Phi) is 7.30. The van der Waals surface area contributed by atoms with Crippen molar-refractivity contribution < 1.29 is 38.7 Å². The van der Waals surface area contributed by atoms with E-state index in [9.17, 15) is 0 Å². The Morgan fingerprint density at radius 3 is 1.76 bits per heavy atom. The molecule has 6 heteroatoms. The summed E-state index contributed by atoms with van der Waals surface area (Å²) in [5.74, 6) is 0. The Morgan fingerprint density at radius 1 is 1.00 bits per heavy atom. The van der Waals surface area contributed by atoms with Gasteiger partial charge in [-0.1, -0.05) is 36.8 Å². The lowest BCUT2D eigenvalue weighted by Crippen LogP contribution is -3.61. The summed E-state index contributed by atoms with van der Waals surface area (Å²) < 4.78 is 35.8. The Bertz CT molecular complexity index is 641. The molecular formula is C15H17IO4S. The fraction of sp³-hybridized carbons (Fsp3) is 0.200. The van der Waals surface area contributed by atoms with Gasteiger partial charge >= 0.3 is 21.2 Å². The molecule has 0 bridgehead atoms. The van der Waals surface area contributed by atoms with Gasteiger partial charge in [-0.15, -0.1) is 0 Å². The molecule has 0 amide bonds. The molecule has 21 heavy (non-hydrogen) atoms. The van der Waals surface area contributed by atoms with E-state index < -0.39 is 10.4 Å². The zero-order valence-corrected chi connectivity index (χ0v) is 14.8. The molecule has 0 unspecified atom stereocenters. The molecule has 0 spiro atoms. The molecular weight excluding hydrogens is 403 g/mol. The van der Waals surface area contributed by atoms with Crippen molar-refractivity contribution in [3.63, 3.8) is 0 Å². The van der Waals surface area contributed by atoms with E-state index in [2.05, 4.69) is 62.4 Å². The summed E-state index contributed by atoms with van der Waals surface area (Å²) in [6.07, 6.45) is 1.13. The van der Waals surface area contributed by atoms with Crippen LogP contribution in [0.15, 0.2) is 48.5 Å². The molecule has 0 saturated carbocycles. The third-order valence-electron chi connectivity index (χ3n) is 2.55. The first kappa shape index (κ1) is 18.1. The van der Waals surface area contributed by atoms with Crippen molar-refractivity contribution in [1.29, 1.82) is 0 Å². The summed E-state index contributed by atoms with van der Waals surface area (Å²) in [6.45, 7) is 4.34. The lowest BCUT2D eigenvalue weighted by molar-refractivity contribution is -0.597. The summed E-state index contributed by atoms with van der Waals surface area (Å²) in [5.41, 5.74) is 2.77. The quantitative estimate of drug-likeness (QED) is 0.420. The van der Waals surface area contributed by atoms with Crippen LogP contribution in [0.2, 0.25) is 0 Å². The molecule has 0 atom stereocenters. The first-order valence-corrected chi connectivity index (χ1v) is 9.79. The van der Waals surface area contributed by atoms with Crippen molar-refractivity contribution in [3.05, 3.63) is 66.8 Å². The van der Waals surface area contributed by atoms with Crippen LogP contribution in [-0.2, 0) is 16.8 Å². The van der Waals surface area contributed by atoms with Crippen molar-refractivity contribution in [1.82, 2.24) is 0 Å². The zero-order valence-electron chi connectivity index (χ0n) is 11.8. The standard InChI is InChI=1S/C15H16I.H2O4S/c1-3-13-6-10-15(11-7-13)16-14-8-4-12(2)5-9-14;1-5(2,3)4/h4-11H,3H2,1-2H3;(H2,1,2,3,4)/q+1;/p-1. The average Bonchev–Trinajstić information content (AvgIpc) is 2.40. The molecule has 2 aromatic carbocycles. The maximum absolute atomic E-state index is 8.63. The van der Waals surface area contributed by atoms with Gasteiger partial charge in [0.25, 0.3) is 0 Å². The predicted molar refractivity (Wildman–Crippen MR) is 76.7 cm³/mol. The van der Waals surface area contributed by atoms with Crippen LogP contribution in [0.3, 0.4) is 0 Å². The predicted octanol–water partition coefficient (Wildman–Crippen LogP) is -0.310. The van der Waals surface area contributed by atoms with Gasteiger partial charge in [0, 0.05) is 0 Å². The third kappa shape index (κ3) is 8.82. The Balaban J connectivity index is 0.000000383. The van der Waals surface area contributed by atoms with E-state index in [1.165, 1.54) is 18.3 Å².